The van der Waals surface area contributed by atoms with E-state index in [9.17, 15) is 4.79 Å². The number of amides is 1. The van der Waals surface area contributed by atoms with E-state index in [0.29, 0.717) is 13.0 Å². The number of nitrogens with two attached hydrogens (primary N) is 1. The average Bonchev–Trinajstić information content (AvgIpc) is 2.72. The predicted octanol–water partition coefficient (Wildman–Crippen LogP) is -0.124. The summed E-state index contributed by atoms with van der Waals surface area (Å²) in [6.07, 6.45) is 4.26. The lowest BCUT2D eigenvalue weighted by molar-refractivity contribution is -0.121. The van der Waals surface area contributed by atoms with Crippen LogP contribution in [0, 0.1) is 0 Å². The second-order valence-corrected chi connectivity index (χ2v) is 4.66. The molecule has 1 amide bonds. The van der Waals surface area contributed by atoms with Crippen molar-refractivity contribution in [3.8, 4) is 0 Å². The molecular formula is C12H23N5O. The molecule has 0 aliphatic rings. The average molecular weight is 253 g/mol. The Hall–Kier alpha value is -1.40. The topological polar surface area (TPSA) is 76.2 Å². The van der Waals surface area contributed by atoms with Crippen LogP contribution in [0.3, 0.4) is 0 Å². The van der Waals surface area contributed by atoms with Crippen LogP contribution in [0.1, 0.15) is 24.9 Å². The van der Waals surface area contributed by atoms with Crippen molar-refractivity contribution in [2.45, 2.75) is 25.4 Å². The predicted molar refractivity (Wildman–Crippen MR) is 70.9 cm³/mol. The lowest BCUT2D eigenvalue weighted by Crippen LogP contribution is -2.38. The van der Waals surface area contributed by atoms with Gasteiger partial charge in [0.15, 0.2) is 0 Å². The Labute approximate surface area is 108 Å². The molecule has 0 saturated heterocycles. The van der Waals surface area contributed by atoms with Crippen molar-refractivity contribution in [2.24, 2.45) is 12.8 Å². The van der Waals surface area contributed by atoms with Crippen molar-refractivity contribution in [3.63, 3.8) is 0 Å². The molecule has 6 heteroatoms. The van der Waals surface area contributed by atoms with Gasteiger partial charge in [0, 0.05) is 44.9 Å². The van der Waals surface area contributed by atoms with Crippen molar-refractivity contribution in [2.75, 3.05) is 20.6 Å². The number of nitrogens with zero attached hydrogens (tertiary/aromatic N) is 3. The highest BCUT2D eigenvalue weighted by Gasteiger charge is 2.22. The largest absolute Gasteiger partial charge is 0.359 e. The summed E-state index contributed by atoms with van der Waals surface area (Å²) in [6.45, 7) is 2.63. The normalized spacial score (nSPS) is 14.6. The molecule has 1 aromatic heterocycles. The third-order valence-electron chi connectivity index (χ3n) is 3.01. The van der Waals surface area contributed by atoms with Crippen LogP contribution >= 0.6 is 0 Å². The Morgan fingerprint density at radius 1 is 1.67 bits per heavy atom. The van der Waals surface area contributed by atoms with Gasteiger partial charge in [-0.05, 0) is 14.0 Å². The summed E-state index contributed by atoms with van der Waals surface area (Å²) in [7, 11) is 5.50. The van der Waals surface area contributed by atoms with Gasteiger partial charge >= 0.3 is 0 Å². The molecule has 0 spiro atoms. The monoisotopic (exact) mass is 253 g/mol. The molecule has 1 rings (SSSR count). The Bertz CT molecular complexity index is 388. The van der Waals surface area contributed by atoms with Crippen LogP contribution in [-0.2, 0) is 11.8 Å². The van der Waals surface area contributed by atoms with E-state index in [4.69, 9.17) is 5.73 Å². The van der Waals surface area contributed by atoms with Gasteiger partial charge < -0.3 is 11.1 Å². The van der Waals surface area contributed by atoms with Gasteiger partial charge in [0.1, 0.15) is 0 Å². The molecule has 0 aliphatic carbocycles. The molecule has 1 heterocycles. The molecule has 2 unspecified atom stereocenters. The number of hydrogen-bond donors (Lipinski definition) is 2. The summed E-state index contributed by atoms with van der Waals surface area (Å²) >= 11 is 0. The highest BCUT2D eigenvalue weighted by Crippen LogP contribution is 2.21. The van der Waals surface area contributed by atoms with Crippen LogP contribution in [0.4, 0.5) is 0 Å². The van der Waals surface area contributed by atoms with E-state index < -0.39 is 0 Å². The second kappa shape index (κ2) is 6.51. The zero-order chi connectivity index (χ0) is 13.7. The van der Waals surface area contributed by atoms with Crippen molar-refractivity contribution in [3.05, 3.63) is 18.0 Å². The summed E-state index contributed by atoms with van der Waals surface area (Å²) < 4.78 is 1.76. The fraction of sp³-hybridized carbons (Fsp3) is 0.667. The summed E-state index contributed by atoms with van der Waals surface area (Å²) in [5, 5.41) is 6.79. The quantitative estimate of drug-likeness (QED) is 0.741. The molecule has 0 aromatic carbocycles. The van der Waals surface area contributed by atoms with Crippen LogP contribution in [0.5, 0.6) is 0 Å². The summed E-state index contributed by atoms with van der Waals surface area (Å²) in [6, 6.07) is 0.0484. The number of aromatic nitrogens is 2. The Morgan fingerprint density at radius 2 is 2.33 bits per heavy atom. The van der Waals surface area contributed by atoms with E-state index in [1.54, 1.807) is 11.7 Å². The van der Waals surface area contributed by atoms with Crippen LogP contribution in [0.15, 0.2) is 12.4 Å². The van der Waals surface area contributed by atoms with E-state index in [1.807, 2.05) is 33.4 Å². The molecule has 0 saturated carbocycles. The molecule has 18 heavy (non-hydrogen) atoms. The molecular weight excluding hydrogens is 230 g/mol. The molecule has 0 fully saturated rings. The minimum atomic E-state index is -0.0242. The Balaban J connectivity index is 2.70. The van der Waals surface area contributed by atoms with E-state index in [0.717, 1.165) is 5.56 Å². The number of carbonyl (C=O) groups is 1. The third kappa shape index (κ3) is 3.82. The van der Waals surface area contributed by atoms with E-state index in [2.05, 4.69) is 15.3 Å². The van der Waals surface area contributed by atoms with Gasteiger partial charge in [-0.15, -0.1) is 0 Å². The first-order chi connectivity index (χ1) is 8.45. The Kier molecular flexibility index (Phi) is 5.30. The van der Waals surface area contributed by atoms with Gasteiger partial charge in [-0.1, -0.05) is 0 Å². The lowest BCUT2D eigenvalue weighted by Gasteiger charge is -2.30. The van der Waals surface area contributed by atoms with E-state index in [-0.39, 0.29) is 18.0 Å². The minimum Gasteiger partial charge on any atom is -0.359 e. The van der Waals surface area contributed by atoms with Crippen molar-refractivity contribution in [1.29, 1.82) is 0 Å². The number of aryl methyl sites for hydroxylation is 1. The maximum atomic E-state index is 11.3. The van der Waals surface area contributed by atoms with Crippen molar-refractivity contribution >= 4 is 5.91 Å². The first kappa shape index (κ1) is 14.7. The number of hydrogen-bond acceptors (Lipinski definition) is 4. The summed E-state index contributed by atoms with van der Waals surface area (Å²) in [5.74, 6) is 0.0384. The number of rotatable bonds is 6. The van der Waals surface area contributed by atoms with Crippen molar-refractivity contribution < 1.29 is 4.79 Å². The fourth-order valence-corrected chi connectivity index (χ4v) is 2.09. The number of likely N-dealkylation sites (N-methyl/N-ethyl adjacent to an activating group) is 1. The summed E-state index contributed by atoms with van der Waals surface area (Å²) in [5.41, 5.74) is 7.11. The SMILES string of the molecule is CNC(=O)CCN(C)C(c1cnn(C)c1)C(C)N. The van der Waals surface area contributed by atoms with Gasteiger partial charge in [0.2, 0.25) is 5.91 Å². The van der Waals surface area contributed by atoms with Gasteiger partial charge in [-0.2, -0.15) is 5.10 Å². The molecule has 6 nitrogen and oxygen atoms in total. The maximum Gasteiger partial charge on any atom is 0.221 e. The van der Waals surface area contributed by atoms with E-state index >= 15 is 0 Å². The lowest BCUT2D eigenvalue weighted by atomic mass is 10.0. The van der Waals surface area contributed by atoms with E-state index in [1.165, 1.54) is 0 Å². The maximum absolute atomic E-state index is 11.3. The molecule has 0 aliphatic heterocycles. The van der Waals surface area contributed by atoms with Crippen LogP contribution in [0.2, 0.25) is 0 Å². The van der Waals surface area contributed by atoms with Gasteiger partial charge in [0.05, 0.1) is 12.2 Å². The highest BCUT2D eigenvalue weighted by atomic mass is 16.1. The smallest absolute Gasteiger partial charge is 0.221 e. The van der Waals surface area contributed by atoms with Crippen LogP contribution < -0.4 is 11.1 Å². The first-order valence-electron chi connectivity index (χ1n) is 6.10. The molecule has 1 aromatic rings. The van der Waals surface area contributed by atoms with Crippen molar-refractivity contribution in [1.82, 2.24) is 20.0 Å². The minimum absolute atomic E-state index is 0.0242. The molecule has 0 bridgehead atoms. The molecule has 2 atom stereocenters. The van der Waals surface area contributed by atoms with Crippen LogP contribution in [0.25, 0.3) is 0 Å². The standard InChI is InChI=1S/C12H23N5O/c1-9(13)12(10-7-15-17(4)8-10)16(3)6-5-11(18)14-2/h7-9,12H,5-6,13H2,1-4H3,(H,14,18). The van der Waals surface area contributed by atoms with Gasteiger partial charge in [-0.25, -0.2) is 0 Å². The molecule has 102 valence electrons. The number of carbonyl (C=O) groups excluding carboxylic acids is 1. The Morgan fingerprint density at radius 3 is 2.78 bits per heavy atom. The second-order valence-electron chi connectivity index (χ2n) is 4.66. The first-order valence-corrected chi connectivity index (χ1v) is 6.10. The van der Waals surface area contributed by atoms with Gasteiger partial charge in [0.25, 0.3) is 0 Å². The zero-order valence-corrected chi connectivity index (χ0v) is 11.6. The highest BCUT2D eigenvalue weighted by molar-refractivity contribution is 5.75. The van der Waals surface area contributed by atoms with Crippen LogP contribution in [-0.4, -0.2) is 47.3 Å². The number of nitrogens with one attached hydrogen (secondary N) is 1. The van der Waals surface area contributed by atoms with Gasteiger partial charge in [-0.3, -0.25) is 14.4 Å². The fourth-order valence-electron chi connectivity index (χ4n) is 2.09. The molecule has 0 radical (unpaired) electrons. The zero-order valence-electron chi connectivity index (χ0n) is 11.6. The summed E-state index contributed by atoms with van der Waals surface area (Å²) in [4.78, 5) is 13.4. The third-order valence-corrected chi connectivity index (χ3v) is 3.01. The molecule has 3 N–H and O–H groups in total.